The second kappa shape index (κ2) is 3.94. The fraction of sp³-hybridized carbons (Fsp3) is 0.556. The van der Waals surface area contributed by atoms with Crippen LogP contribution in [0.2, 0.25) is 0 Å². The first-order chi connectivity index (χ1) is 6.16. The lowest BCUT2D eigenvalue weighted by Crippen LogP contribution is -2.36. The van der Waals surface area contributed by atoms with E-state index >= 15 is 0 Å². The molecule has 13 heavy (non-hydrogen) atoms. The van der Waals surface area contributed by atoms with E-state index in [2.05, 4.69) is 10.7 Å². The second-order valence-electron chi connectivity index (χ2n) is 2.93. The zero-order valence-electron chi connectivity index (χ0n) is 7.45. The van der Waals surface area contributed by atoms with Crippen molar-refractivity contribution in [2.45, 2.75) is 18.9 Å². The maximum Gasteiger partial charge on any atom is 0.397 e. The molecular weight excluding hydrogens is 170 g/mol. The van der Waals surface area contributed by atoms with Crippen LogP contribution in [0, 0.1) is 12.3 Å². The molecule has 0 aromatic carbocycles. The van der Waals surface area contributed by atoms with Crippen molar-refractivity contribution in [2.24, 2.45) is 0 Å². The summed E-state index contributed by atoms with van der Waals surface area (Å²) >= 11 is 0. The van der Waals surface area contributed by atoms with E-state index in [1.54, 1.807) is 7.05 Å². The van der Waals surface area contributed by atoms with Crippen molar-refractivity contribution < 1.29 is 14.3 Å². The van der Waals surface area contributed by atoms with Gasteiger partial charge in [0.1, 0.15) is 0 Å². The number of hydrogen-bond acceptors (Lipinski definition) is 3. The lowest BCUT2D eigenvalue weighted by Gasteiger charge is -2.13. The van der Waals surface area contributed by atoms with Gasteiger partial charge in [-0.05, 0) is 12.8 Å². The van der Waals surface area contributed by atoms with E-state index < -0.39 is 11.9 Å². The Morgan fingerprint density at radius 1 is 1.62 bits per heavy atom. The highest BCUT2D eigenvalue weighted by atomic mass is 16.5. The third-order valence-corrected chi connectivity index (χ3v) is 1.88. The molecule has 1 saturated carbocycles. The summed E-state index contributed by atoms with van der Waals surface area (Å²) in [7, 11) is 1.59. The predicted octanol–water partition coefficient (Wildman–Crippen LogP) is -0.216. The zero-order valence-corrected chi connectivity index (χ0v) is 7.45. The van der Waals surface area contributed by atoms with Gasteiger partial charge in [0.15, 0.2) is 6.61 Å². The van der Waals surface area contributed by atoms with Crippen LogP contribution in [0.1, 0.15) is 12.8 Å². The smallest absolute Gasteiger partial charge is 0.397 e. The summed E-state index contributed by atoms with van der Waals surface area (Å²) in [6.07, 6.45) is 6.80. The Kier molecular flexibility index (Phi) is 2.91. The average Bonchev–Trinajstić information content (AvgIpc) is 2.94. The summed E-state index contributed by atoms with van der Waals surface area (Å²) in [6.45, 7) is -0.150. The minimum absolute atomic E-state index is 0.150. The number of ether oxygens (including phenoxy) is 1. The van der Waals surface area contributed by atoms with Gasteiger partial charge in [0.25, 0.3) is 0 Å². The Morgan fingerprint density at radius 3 is 2.69 bits per heavy atom. The molecule has 0 aromatic rings. The third kappa shape index (κ3) is 2.48. The van der Waals surface area contributed by atoms with Crippen LogP contribution in [-0.4, -0.2) is 36.5 Å². The van der Waals surface area contributed by atoms with E-state index in [9.17, 15) is 9.59 Å². The number of likely N-dealkylation sites (N-methyl/N-ethyl adjacent to an activating group) is 1. The lowest BCUT2D eigenvalue weighted by atomic mass is 10.5. The summed E-state index contributed by atoms with van der Waals surface area (Å²) < 4.78 is 4.49. The molecule has 0 unspecified atom stereocenters. The maximum atomic E-state index is 11.2. The number of carbonyl (C=O) groups is 2. The summed E-state index contributed by atoms with van der Waals surface area (Å²) in [4.78, 5) is 23.6. The quantitative estimate of drug-likeness (QED) is 0.336. The van der Waals surface area contributed by atoms with Crippen molar-refractivity contribution in [1.82, 2.24) is 4.90 Å². The van der Waals surface area contributed by atoms with Gasteiger partial charge in [-0.3, -0.25) is 4.79 Å². The molecule has 0 spiro atoms. The monoisotopic (exact) mass is 181 g/mol. The number of carbonyl (C=O) groups excluding carboxylic acids is 2. The summed E-state index contributed by atoms with van der Waals surface area (Å²) in [5.41, 5.74) is 0. The van der Waals surface area contributed by atoms with Crippen LogP contribution in [0.3, 0.4) is 0 Å². The van der Waals surface area contributed by atoms with Gasteiger partial charge in [0.05, 0.1) is 0 Å². The molecule has 1 fully saturated rings. The maximum absolute atomic E-state index is 11.2. The van der Waals surface area contributed by atoms with Crippen molar-refractivity contribution in [3.8, 4) is 12.3 Å². The zero-order chi connectivity index (χ0) is 9.84. The van der Waals surface area contributed by atoms with Crippen molar-refractivity contribution in [3.63, 3.8) is 0 Å². The van der Waals surface area contributed by atoms with Crippen molar-refractivity contribution >= 4 is 11.9 Å². The molecule has 70 valence electrons. The fourth-order valence-corrected chi connectivity index (χ4v) is 0.941. The topological polar surface area (TPSA) is 46.6 Å². The summed E-state index contributed by atoms with van der Waals surface area (Å²) in [5.74, 6) is 0.642. The fourth-order valence-electron chi connectivity index (χ4n) is 0.941. The second-order valence-corrected chi connectivity index (χ2v) is 2.93. The molecule has 1 rings (SSSR count). The molecule has 0 atom stereocenters. The number of rotatable bonds is 2. The van der Waals surface area contributed by atoms with Crippen LogP contribution in [0.4, 0.5) is 0 Å². The molecule has 4 nitrogen and oxygen atoms in total. The normalized spacial score (nSPS) is 14.5. The van der Waals surface area contributed by atoms with Gasteiger partial charge in [-0.25, -0.2) is 4.79 Å². The molecule has 0 saturated heterocycles. The van der Waals surface area contributed by atoms with Crippen LogP contribution in [0.5, 0.6) is 0 Å². The largest absolute Gasteiger partial charge is 0.445 e. The van der Waals surface area contributed by atoms with E-state index in [4.69, 9.17) is 6.42 Å². The van der Waals surface area contributed by atoms with Gasteiger partial charge in [-0.1, -0.05) is 5.92 Å². The molecular formula is C9H11NO3. The van der Waals surface area contributed by atoms with Gasteiger partial charge in [-0.15, -0.1) is 6.42 Å². The van der Waals surface area contributed by atoms with E-state index in [1.165, 1.54) is 4.90 Å². The van der Waals surface area contributed by atoms with E-state index in [1.807, 2.05) is 0 Å². The van der Waals surface area contributed by atoms with Crippen LogP contribution in [0.25, 0.3) is 0 Å². The van der Waals surface area contributed by atoms with Gasteiger partial charge >= 0.3 is 11.9 Å². The molecule has 4 heteroatoms. The lowest BCUT2D eigenvalue weighted by molar-refractivity contribution is -0.158. The van der Waals surface area contributed by atoms with Gasteiger partial charge < -0.3 is 9.64 Å². The molecule has 0 N–H and O–H groups in total. The van der Waals surface area contributed by atoms with Crippen LogP contribution in [0.15, 0.2) is 0 Å². The summed E-state index contributed by atoms with van der Waals surface area (Å²) in [6, 6.07) is 0.214. The minimum Gasteiger partial charge on any atom is -0.445 e. The van der Waals surface area contributed by atoms with Crippen LogP contribution < -0.4 is 0 Å². The summed E-state index contributed by atoms with van der Waals surface area (Å²) in [5, 5.41) is 0. The number of nitrogens with zero attached hydrogens (tertiary/aromatic N) is 1. The molecule has 0 aliphatic heterocycles. The molecule has 0 bridgehead atoms. The molecule has 1 amide bonds. The standard InChI is InChI=1S/C9H11NO3/c1-3-6-13-9(12)8(11)10(2)7-4-5-7/h1,7H,4-6H2,2H3. The third-order valence-electron chi connectivity index (χ3n) is 1.88. The molecule has 0 aromatic heterocycles. The predicted molar refractivity (Wildman–Crippen MR) is 45.6 cm³/mol. The van der Waals surface area contributed by atoms with Gasteiger partial charge in [-0.2, -0.15) is 0 Å². The highest BCUT2D eigenvalue weighted by molar-refractivity contribution is 6.32. The first-order valence-electron chi connectivity index (χ1n) is 4.04. The Balaban J connectivity index is 2.37. The van der Waals surface area contributed by atoms with Crippen molar-refractivity contribution in [2.75, 3.05) is 13.7 Å². The van der Waals surface area contributed by atoms with Crippen molar-refractivity contribution in [3.05, 3.63) is 0 Å². The average molecular weight is 181 g/mol. The minimum atomic E-state index is -0.868. The van der Waals surface area contributed by atoms with E-state index in [0.717, 1.165) is 12.8 Å². The van der Waals surface area contributed by atoms with E-state index in [0.29, 0.717) is 0 Å². The van der Waals surface area contributed by atoms with Gasteiger partial charge in [0.2, 0.25) is 0 Å². The molecule has 1 aliphatic rings. The Labute approximate surface area is 76.8 Å². The van der Waals surface area contributed by atoms with Crippen LogP contribution in [-0.2, 0) is 14.3 Å². The molecule has 1 aliphatic carbocycles. The Hall–Kier alpha value is -1.50. The number of esters is 1. The Bertz CT molecular complexity index is 263. The molecule has 0 radical (unpaired) electrons. The van der Waals surface area contributed by atoms with Crippen molar-refractivity contribution in [1.29, 1.82) is 0 Å². The molecule has 0 heterocycles. The first-order valence-corrected chi connectivity index (χ1v) is 4.04. The Morgan fingerprint density at radius 2 is 2.23 bits per heavy atom. The number of terminal acetylenes is 1. The van der Waals surface area contributed by atoms with E-state index in [-0.39, 0.29) is 12.6 Å². The highest BCUT2D eigenvalue weighted by Crippen LogP contribution is 2.25. The number of hydrogen-bond donors (Lipinski definition) is 0. The SMILES string of the molecule is C#CCOC(=O)C(=O)N(C)C1CC1. The van der Waals surface area contributed by atoms with Gasteiger partial charge in [0, 0.05) is 13.1 Å². The number of amides is 1. The highest BCUT2D eigenvalue weighted by Gasteiger charge is 2.33. The van der Waals surface area contributed by atoms with Crippen LogP contribution >= 0.6 is 0 Å². The first kappa shape index (κ1) is 9.59.